The molecule has 10 heteroatoms. The van der Waals surface area contributed by atoms with Gasteiger partial charge in [-0.25, -0.2) is 8.42 Å². The largest absolute Gasteiger partial charge is 0.496 e. The van der Waals surface area contributed by atoms with E-state index < -0.39 is 27.9 Å². The second kappa shape index (κ2) is 8.38. The minimum Gasteiger partial charge on any atom is -0.496 e. The molecular weight excluding hydrogens is 394 g/mol. The number of ether oxygens (including phenoxy) is 1. The Hall–Kier alpha value is -2.62. The number of nitrogens with two attached hydrogens (primary N) is 1. The second-order valence-corrected chi connectivity index (χ2v) is 7.66. The second-order valence-electron chi connectivity index (χ2n) is 5.54. The molecule has 2 rings (SSSR count). The Kier molecular flexibility index (Phi) is 6.42. The van der Waals surface area contributed by atoms with Crippen molar-refractivity contribution in [3.8, 4) is 5.75 Å². The summed E-state index contributed by atoms with van der Waals surface area (Å²) in [5.74, 6) is -1.27. The van der Waals surface area contributed by atoms with Gasteiger partial charge in [0.2, 0.25) is 15.9 Å². The van der Waals surface area contributed by atoms with E-state index in [1.807, 2.05) is 0 Å². The van der Waals surface area contributed by atoms with Crippen LogP contribution in [0, 0.1) is 0 Å². The highest BCUT2D eigenvalue weighted by Crippen LogP contribution is 2.26. The van der Waals surface area contributed by atoms with Gasteiger partial charge in [0.15, 0.2) is 0 Å². The standard InChI is InChI=1S/C17H18ClN3O5S/c1-10(16(19)22)21-27(24,25)11-7-8-15(26-2)12(9-11)17(23)20-14-6-4-3-5-13(14)18/h3-10,21H,1-2H3,(H2,19,22)(H,20,23)/t10-/m0/s1. The highest BCUT2D eigenvalue weighted by Gasteiger charge is 2.23. The molecule has 0 saturated carbocycles. The molecule has 144 valence electrons. The number of anilines is 1. The highest BCUT2D eigenvalue weighted by molar-refractivity contribution is 7.89. The van der Waals surface area contributed by atoms with Gasteiger partial charge in [0.05, 0.1) is 34.3 Å². The van der Waals surface area contributed by atoms with Gasteiger partial charge in [-0.3, -0.25) is 9.59 Å². The Morgan fingerprint density at radius 2 is 1.85 bits per heavy atom. The number of rotatable bonds is 7. The maximum absolute atomic E-state index is 12.6. The van der Waals surface area contributed by atoms with Crippen molar-refractivity contribution in [1.29, 1.82) is 0 Å². The van der Waals surface area contributed by atoms with Crippen molar-refractivity contribution in [3.05, 3.63) is 53.1 Å². The summed E-state index contributed by atoms with van der Waals surface area (Å²) in [6, 6.07) is 9.21. The monoisotopic (exact) mass is 411 g/mol. The van der Waals surface area contributed by atoms with E-state index in [0.717, 1.165) is 6.07 Å². The first-order chi connectivity index (χ1) is 12.7. The summed E-state index contributed by atoms with van der Waals surface area (Å²) in [7, 11) is -2.73. The molecule has 0 aliphatic rings. The van der Waals surface area contributed by atoms with E-state index >= 15 is 0 Å². The lowest BCUT2D eigenvalue weighted by Crippen LogP contribution is -2.42. The smallest absolute Gasteiger partial charge is 0.259 e. The van der Waals surface area contributed by atoms with Crippen molar-refractivity contribution in [2.24, 2.45) is 5.73 Å². The molecule has 2 aromatic carbocycles. The van der Waals surface area contributed by atoms with Gasteiger partial charge >= 0.3 is 0 Å². The summed E-state index contributed by atoms with van der Waals surface area (Å²) in [4.78, 5) is 23.5. The summed E-state index contributed by atoms with van der Waals surface area (Å²) >= 11 is 6.02. The molecule has 2 amide bonds. The van der Waals surface area contributed by atoms with Crippen LogP contribution in [0.15, 0.2) is 47.4 Å². The lowest BCUT2D eigenvalue weighted by molar-refractivity contribution is -0.119. The number of para-hydroxylation sites is 1. The van der Waals surface area contributed by atoms with Gasteiger partial charge in [-0.05, 0) is 37.3 Å². The lowest BCUT2D eigenvalue weighted by Gasteiger charge is -2.14. The first-order valence-corrected chi connectivity index (χ1v) is 9.57. The normalized spacial score (nSPS) is 12.3. The molecule has 0 radical (unpaired) electrons. The van der Waals surface area contributed by atoms with E-state index in [9.17, 15) is 18.0 Å². The molecule has 0 bridgehead atoms. The molecule has 0 fully saturated rings. The van der Waals surface area contributed by atoms with Crippen LogP contribution in [0.1, 0.15) is 17.3 Å². The van der Waals surface area contributed by atoms with E-state index in [1.165, 1.54) is 26.2 Å². The van der Waals surface area contributed by atoms with Crippen molar-refractivity contribution in [2.45, 2.75) is 17.9 Å². The minimum absolute atomic E-state index is 0.0213. The van der Waals surface area contributed by atoms with Crippen LogP contribution < -0.4 is 20.5 Å². The number of carbonyl (C=O) groups excluding carboxylic acids is 2. The maximum atomic E-state index is 12.6. The van der Waals surface area contributed by atoms with Crippen molar-refractivity contribution >= 4 is 39.1 Å². The van der Waals surface area contributed by atoms with E-state index in [0.29, 0.717) is 10.7 Å². The third-order valence-corrected chi connectivity index (χ3v) is 5.47. The van der Waals surface area contributed by atoms with E-state index in [1.54, 1.807) is 24.3 Å². The molecule has 4 N–H and O–H groups in total. The fourth-order valence-corrected chi connectivity index (χ4v) is 3.56. The molecule has 0 spiro atoms. The fraction of sp³-hybridized carbons (Fsp3) is 0.176. The molecule has 0 aliphatic heterocycles. The molecular formula is C17H18ClN3O5S. The molecule has 0 aliphatic carbocycles. The average Bonchev–Trinajstić information content (AvgIpc) is 2.62. The summed E-state index contributed by atoms with van der Waals surface area (Å²) in [5, 5.41) is 2.92. The van der Waals surface area contributed by atoms with Crippen LogP contribution in [0.25, 0.3) is 0 Å². The van der Waals surface area contributed by atoms with Crippen molar-refractivity contribution < 1.29 is 22.7 Å². The average molecular weight is 412 g/mol. The number of hydrogen-bond donors (Lipinski definition) is 3. The number of amides is 2. The predicted octanol–water partition coefficient (Wildman–Crippen LogP) is 1.75. The van der Waals surface area contributed by atoms with E-state index in [4.69, 9.17) is 22.1 Å². The highest BCUT2D eigenvalue weighted by atomic mass is 35.5. The fourth-order valence-electron chi connectivity index (χ4n) is 2.14. The molecule has 0 unspecified atom stereocenters. The SMILES string of the molecule is COc1ccc(S(=O)(=O)N[C@@H](C)C(N)=O)cc1C(=O)Nc1ccccc1Cl. The number of halogens is 1. The summed E-state index contributed by atoms with van der Waals surface area (Å²) in [6.07, 6.45) is 0. The summed E-state index contributed by atoms with van der Waals surface area (Å²) in [6.45, 7) is 1.31. The van der Waals surface area contributed by atoms with Crippen LogP contribution in [0.4, 0.5) is 5.69 Å². The Morgan fingerprint density at radius 3 is 2.44 bits per heavy atom. The molecule has 27 heavy (non-hydrogen) atoms. The van der Waals surface area contributed by atoms with Crippen molar-refractivity contribution in [2.75, 3.05) is 12.4 Å². The number of primary amides is 1. The summed E-state index contributed by atoms with van der Waals surface area (Å²) < 4.78 is 32.1. The van der Waals surface area contributed by atoms with E-state index in [-0.39, 0.29) is 16.2 Å². The van der Waals surface area contributed by atoms with Gasteiger partial charge in [0.1, 0.15) is 5.75 Å². The molecule has 0 saturated heterocycles. The first kappa shape index (κ1) is 20.7. The number of nitrogens with one attached hydrogen (secondary N) is 2. The van der Waals surface area contributed by atoms with Crippen LogP contribution >= 0.6 is 11.6 Å². The zero-order valence-corrected chi connectivity index (χ0v) is 16.1. The Bertz CT molecular complexity index is 978. The van der Waals surface area contributed by atoms with Crippen LogP contribution in [-0.4, -0.2) is 33.4 Å². The number of carbonyl (C=O) groups is 2. The minimum atomic E-state index is -4.08. The molecule has 0 heterocycles. The molecule has 1 atom stereocenters. The Balaban J connectivity index is 2.39. The van der Waals surface area contributed by atoms with Crippen molar-refractivity contribution in [3.63, 3.8) is 0 Å². The third kappa shape index (κ3) is 4.97. The Labute approximate surface area is 161 Å². The van der Waals surface area contributed by atoms with Gasteiger partial charge in [0.25, 0.3) is 5.91 Å². The molecule has 2 aromatic rings. The van der Waals surface area contributed by atoms with Gasteiger partial charge in [0, 0.05) is 0 Å². The topological polar surface area (TPSA) is 128 Å². The van der Waals surface area contributed by atoms with Crippen LogP contribution in [-0.2, 0) is 14.8 Å². The summed E-state index contributed by atoms with van der Waals surface area (Å²) in [5.41, 5.74) is 5.42. The Morgan fingerprint density at radius 1 is 1.19 bits per heavy atom. The quantitative estimate of drug-likeness (QED) is 0.639. The van der Waals surface area contributed by atoms with Gasteiger partial charge in [-0.15, -0.1) is 0 Å². The lowest BCUT2D eigenvalue weighted by atomic mass is 10.2. The number of sulfonamides is 1. The number of benzene rings is 2. The van der Waals surface area contributed by atoms with Crippen LogP contribution in [0.3, 0.4) is 0 Å². The van der Waals surface area contributed by atoms with Gasteiger partial charge < -0.3 is 15.8 Å². The van der Waals surface area contributed by atoms with Gasteiger partial charge in [-0.2, -0.15) is 4.72 Å². The predicted molar refractivity (Wildman–Crippen MR) is 101 cm³/mol. The zero-order chi connectivity index (χ0) is 20.2. The number of methoxy groups -OCH3 is 1. The van der Waals surface area contributed by atoms with Gasteiger partial charge in [-0.1, -0.05) is 23.7 Å². The molecule has 0 aromatic heterocycles. The third-order valence-electron chi connectivity index (χ3n) is 3.61. The first-order valence-electron chi connectivity index (χ1n) is 7.71. The molecule has 8 nitrogen and oxygen atoms in total. The zero-order valence-electron chi connectivity index (χ0n) is 14.5. The van der Waals surface area contributed by atoms with Crippen LogP contribution in [0.5, 0.6) is 5.75 Å². The van der Waals surface area contributed by atoms with E-state index in [2.05, 4.69) is 10.0 Å². The maximum Gasteiger partial charge on any atom is 0.259 e. The van der Waals surface area contributed by atoms with Crippen molar-refractivity contribution in [1.82, 2.24) is 4.72 Å². The number of hydrogen-bond acceptors (Lipinski definition) is 5. The van der Waals surface area contributed by atoms with Crippen LogP contribution in [0.2, 0.25) is 5.02 Å².